The molecule has 0 aliphatic carbocycles. The minimum Gasteiger partial charge on any atom is -0.494 e. The highest BCUT2D eigenvalue weighted by Gasteiger charge is 2.17. The number of ether oxygens (including phenoxy) is 1. The summed E-state index contributed by atoms with van der Waals surface area (Å²) in [6, 6.07) is 11.3. The van der Waals surface area contributed by atoms with Gasteiger partial charge in [0.15, 0.2) is 17.4 Å². The number of hydrogen-bond acceptors (Lipinski definition) is 4. The number of aromatic nitrogens is 3. The van der Waals surface area contributed by atoms with Gasteiger partial charge in [0.05, 0.1) is 18.7 Å². The van der Waals surface area contributed by atoms with E-state index in [0.717, 1.165) is 0 Å². The molecular weight excluding hydrogens is 323 g/mol. The van der Waals surface area contributed by atoms with Crippen molar-refractivity contribution in [1.29, 1.82) is 0 Å². The molecule has 25 heavy (non-hydrogen) atoms. The van der Waals surface area contributed by atoms with Gasteiger partial charge in [-0.2, -0.15) is 5.10 Å². The molecule has 3 aromatic rings. The molecule has 0 aliphatic rings. The van der Waals surface area contributed by atoms with E-state index >= 15 is 0 Å². The summed E-state index contributed by atoms with van der Waals surface area (Å²) in [6.07, 6.45) is 1.38. The number of rotatable bonds is 5. The van der Waals surface area contributed by atoms with Gasteiger partial charge in [0.2, 0.25) is 0 Å². The number of hydrogen-bond donors (Lipinski definition) is 2. The molecular formula is C18H17FN4O2. The van der Waals surface area contributed by atoms with E-state index in [-0.39, 0.29) is 17.7 Å². The Morgan fingerprint density at radius 2 is 2.08 bits per heavy atom. The van der Waals surface area contributed by atoms with Crippen LogP contribution in [0.3, 0.4) is 0 Å². The number of carbonyl (C=O) groups is 1. The zero-order valence-corrected chi connectivity index (χ0v) is 13.8. The van der Waals surface area contributed by atoms with Crippen molar-refractivity contribution in [1.82, 2.24) is 20.5 Å². The maximum absolute atomic E-state index is 13.9. The van der Waals surface area contributed by atoms with Crippen molar-refractivity contribution < 1.29 is 13.9 Å². The molecule has 0 saturated carbocycles. The van der Waals surface area contributed by atoms with Crippen molar-refractivity contribution in [3.63, 3.8) is 0 Å². The molecule has 0 aliphatic heterocycles. The lowest BCUT2D eigenvalue weighted by Gasteiger charge is -2.16. The van der Waals surface area contributed by atoms with Crippen molar-refractivity contribution in [3.8, 4) is 17.1 Å². The molecule has 0 unspecified atom stereocenters. The van der Waals surface area contributed by atoms with Gasteiger partial charge in [-0.05, 0) is 30.7 Å². The Morgan fingerprint density at radius 3 is 2.76 bits per heavy atom. The molecule has 1 amide bonds. The molecule has 2 aromatic carbocycles. The number of amides is 1. The average molecular weight is 340 g/mol. The second-order valence-electron chi connectivity index (χ2n) is 5.47. The first-order valence-corrected chi connectivity index (χ1v) is 7.69. The van der Waals surface area contributed by atoms with Gasteiger partial charge in [-0.25, -0.2) is 9.37 Å². The van der Waals surface area contributed by atoms with Crippen molar-refractivity contribution >= 4 is 5.91 Å². The molecule has 0 spiro atoms. The van der Waals surface area contributed by atoms with Crippen molar-refractivity contribution in [2.24, 2.45) is 0 Å². The summed E-state index contributed by atoms with van der Waals surface area (Å²) in [4.78, 5) is 16.7. The molecule has 0 bridgehead atoms. The monoisotopic (exact) mass is 340 g/mol. The maximum atomic E-state index is 13.9. The fourth-order valence-corrected chi connectivity index (χ4v) is 2.53. The predicted octanol–water partition coefficient (Wildman–Crippen LogP) is 3.11. The molecule has 6 nitrogen and oxygen atoms in total. The predicted molar refractivity (Wildman–Crippen MR) is 90.7 cm³/mol. The molecule has 0 fully saturated rings. The molecule has 7 heteroatoms. The van der Waals surface area contributed by atoms with Gasteiger partial charge in [0.1, 0.15) is 6.33 Å². The van der Waals surface area contributed by atoms with Crippen LogP contribution in [0.5, 0.6) is 5.75 Å². The Hall–Kier alpha value is -3.22. The smallest absolute Gasteiger partial charge is 0.252 e. The Kier molecular flexibility index (Phi) is 4.74. The van der Waals surface area contributed by atoms with Crippen LogP contribution in [0.2, 0.25) is 0 Å². The quantitative estimate of drug-likeness (QED) is 0.748. The van der Waals surface area contributed by atoms with E-state index in [1.54, 1.807) is 31.2 Å². The highest BCUT2D eigenvalue weighted by atomic mass is 19.1. The number of nitrogens with zero attached hydrogens (tertiary/aromatic N) is 2. The lowest BCUT2D eigenvalue weighted by Crippen LogP contribution is -2.27. The Morgan fingerprint density at radius 1 is 1.28 bits per heavy atom. The largest absolute Gasteiger partial charge is 0.494 e. The van der Waals surface area contributed by atoms with Gasteiger partial charge >= 0.3 is 0 Å². The normalized spacial score (nSPS) is 11.8. The summed E-state index contributed by atoms with van der Waals surface area (Å²) in [6.45, 7) is 1.79. The van der Waals surface area contributed by atoms with Crippen molar-refractivity contribution in [2.45, 2.75) is 13.0 Å². The fraction of sp³-hybridized carbons (Fsp3) is 0.167. The van der Waals surface area contributed by atoms with Crippen LogP contribution in [0.4, 0.5) is 4.39 Å². The molecule has 128 valence electrons. The summed E-state index contributed by atoms with van der Waals surface area (Å²) in [5, 5.41) is 9.43. The van der Waals surface area contributed by atoms with Gasteiger partial charge in [-0.3, -0.25) is 9.89 Å². The van der Waals surface area contributed by atoms with Crippen LogP contribution in [0.1, 0.15) is 28.9 Å². The molecule has 2 N–H and O–H groups in total. The lowest BCUT2D eigenvalue weighted by atomic mass is 10.0. The van der Waals surface area contributed by atoms with Crippen LogP contribution in [0, 0.1) is 5.82 Å². The molecule has 1 heterocycles. The van der Waals surface area contributed by atoms with E-state index in [9.17, 15) is 9.18 Å². The topological polar surface area (TPSA) is 79.9 Å². The minimum atomic E-state index is -0.469. The molecule has 0 saturated heterocycles. The second-order valence-corrected chi connectivity index (χ2v) is 5.47. The van der Waals surface area contributed by atoms with E-state index < -0.39 is 5.82 Å². The summed E-state index contributed by atoms with van der Waals surface area (Å²) in [5.74, 6) is -0.0780. The first kappa shape index (κ1) is 16.6. The Labute approximate surface area is 144 Å². The number of methoxy groups -OCH3 is 1. The summed E-state index contributed by atoms with van der Waals surface area (Å²) >= 11 is 0. The number of benzene rings is 2. The fourth-order valence-electron chi connectivity index (χ4n) is 2.53. The van der Waals surface area contributed by atoms with E-state index in [4.69, 9.17) is 4.74 Å². The second kappa shape index (κ2) is 7.12. The number of halogens is 1. The SMILES string of the molecule is COc1ccc([C@H](C)NC(=O)c2ccccc2-c2ncn[nH]2)cc1F. The molecule has 0 radical (unpaired) electrons. The third-order valence-electron chi connectivity index (χ3n) is 3.87. The van der Waals surface area contributed by atoms with E-state index in [0.29, 0.717) is 22.5 Å². The van der Waals surface area contributed by atoms with E-state index in [1.807, 2.05) is 6.07 Å². The highest BCUT2D eigenvalue weighted by Crippen LogP contribution is 2.23. The van der Waals surface area contributed by atoms with Gasteiger partial charge in [-0.15, -0.1) is 0 Å². The molecule has 1 aromatic heterocycles. The highest BCUT2D eigenvalue weighted by molar-refractivity contribution is 6.00. The van der Waals surface area contributed by atoms with Crippen molar-refractivity contribution in [3.05, 3.63) is 65.7 Å². The standard InChI is InChI=1S/C18H17FN4O2/c1-11(12-7-8-16(25-2)15(19)9-12)22-18(24)14-6-4-3-5-13(14)17-20-10-21-23-17/h3-11H,1-2H3,(H,22,24)(H,20,21,23)/t11-/m0/s1. The number of H-pyrrole nitrogens is 1. The van der Waals surface area contributed by atoms with Crippen LogP contribution in [-0.2, 0) is 0 Å². The zero-order chi connectivity index (χ0) is 17.8. The lowest BCUT2D eigenvalue weighted by molar-refractivity contribution is 0.0940. The van der Waals surface area contributed by atoms with E-state index in [2.05, 4.69) is 20.5 Å². The summed E-state index contributed by atoms with van der Waals surface area (Å²) in [7, 11) is 1.41. The molecule has 3 rings (SSSR count). The molecule has 1 atom stereocenters. The zero-order valence-electron chi connectivity index (χ0n) is 13.8. The third-order valence-corrected chi connectivity index (χ3v) is 3.87. The van der Waals surface area contributed by atoms with Crippen LogP contribution < -0.4 is 10.1 Å². The van der Waals surface area contributed by atoms with Gasteiger partial charge in [0.25, 0.3) is 5.91 Å². The van der Waals surface area contributed by atoms with Gasteiger partial charge in [0, 0.05) is 5.56 Å². The maximum Gasteiger partial charge on any atom is 0.252 e. The third kappa shape index (κ3) is 3.50. The van der Waals surface area contributed by atoms with Gasteiger partial charge < -0.3 is 10.1 Å². The van der Waals surface area contributed by atoms with E-state index in [1.165, 1.54) is 25.6 Å². The first-order valence-electron chi connectivity index (χ1n) is 7.69. The van der Waals surface area contributed by atoms with Crippen LogP contribution in [-0.4, -0.2) is 28.2 Å². The minimum absolute atomic E-state index is 0.165. The Balaban J connectivity index is 1.82. The number of carbonyl (C=O) groups excluding carboxylic acids is 1. The van der Waals surface area contributed by atoms with Crippen LogP contribution >= 0.6 is 0 Å². The number of nitrogens with one attached hydrogen (secondary N) is 2. The number of aromatic amines is 1. The van der Waals surface area contributed by atoms with Gasteiger partial charge in [-0.1, -0.05) is 24.3 Å². The summed E-state index contributed by atoms with van der Waals surface area (Å²) in [5.41, 5.74) is 1.74. The van der Waals surface area contributed by atoms with Crippen LogP contribution in [0.25, 0.3) is 11.4 Å². The first-order chi connectivity index (χ1) is 12.1. The van der Waals surface area contributed by atoms with Crippen LogP contribution in [0.15, 0.2) is 48.8 Å². The van der Waals surface area contributed by atoms with Crippen molar-refractivity contribution in [2.75, 3.05) is 7.11 Å². The summed E-state index contributed by atoms with van der Waals surface area (Å²) < 4.78 is 18.8. The Bertz CT molecular complexity index is 881. The average Bonchev–Trinajstić information content (AvgIpc) is 3.16.